The lowest BCUT2D eigenvalue weighted by atomic mass is 9.85. The molecule has 4 heteroatoms. The van der Waals surface area contributed by atoms with Crippen molar-refractivity contribution in [1.29, 1.82) is 0 Å². The van der Waals surface area contributed by atoms with E-state index in [0.29, 0.717) is 5.92 Å². The molecule has 16 heavy (non-hydrogen) atoms. The zero-order valence-corrected chi connectivity index (χ0v) is 10.6. The first-order valence-electron chi connectivity index (χ1n) is 6.06. The van der Waals surface area contributed by atoms with Crippen molar-refractivity contribution >= 4 is 11.8 Å². The van der Waals surface area contributed by atoms with E-state index in [1.54, 1.807) is 18.0 Å². The van der Waals surface area contributed by atoms with E-state index in [-0.39, 0.29) is 6.04 Å². The highest BCUT2D eigenvalue weighted by Gasteiger charge is 2.21. The Morgan fingerprint density at radius 1 is 1.50 bits per heavy atom. The molecule has 0 saturated heterocycles. The Labute approximate surface area is 101 Å². The number of nitrogens with zero attached hydrogens (tertiary/aromatic N) is 1. The van der Waals surface area contributed by atoms with E-state index >= 15 is 0 Å². The van der Waals surface area contributed by atoms with Crippen molar-refractivity contribution in [2.75, 3.05) is 5.75 Å². The predicted molar refractivity (Wildman–Crippen MR) is 66.5 cm³/mol. The zero-order chi connectivity index (χ0) is 11.4. The van der Waals surface area contributed by atoms with Gasteiger partial charge in [-0.2, -0.15) is 0 Å². The van der Waals surface area contributed by atoms with Crippen LogP contribution < -0.4 is 5.73 Å². The highest BCUT2D eigenvalue weighted by molar-refractivity contribution is 7.99. The summed E-state index contributed by atoms with van der Waals surface area (Å²) in [5.41, 5.74) is 7.15. The van der Waals surface area contributed by atoms with E-state index in [0.717, 1.165) is 16.7 Å². The average Bonchev–Trinajstić information content (AvgIpc) is 2.73. The fraction of sp³-hybridized carbons (Fsp3) is 0.750. The van der Waals surface area contributed by atoms with E-state index in [1.807, 2.05) is 6.92 Å². The SMILES string of the molecule is Cc1coc(SCC(N)C2CCCCC2)n1. The minimum Gasteiger partial charge on any atom is -0.440 e. The molecule has 1 aliphatic rings. The van der Waals surface area contributed by atoms with Gasteiger partial charge in [-0.25, -0.2) is 4.98 Å². The van der Waals surface area contributed by atoms with Gasteiger partial charge in [0, 0.05) is 11.8 Å². The largest absolute Gasteiger partial charge is 0.440 e. The second-order valence-corrected chi connectivity index (χ2v) is 5.60. The molecule has 90 valence electrons. The smallest absolute Gasteiger partial charge is 0.255 e. The summed E-state index contributed by atoms with van der Waals surface area (Å²) in [4.78, 5) is 4.27. The molecule has 1 atom stereocenters. The lowest BCUT2D eigenvalue weighted by Gasteiger charge is -2.26. The molecule has 1 fully saturated rings. The first-order valence-corrected chi connectivity index (χ1v) is 7.05. The van der Waals surface area contributed by atoms with Gasteiger partial charge >= 0.3 is 0 Å². The zero-order valence-electron chi connectivity index (χ0n) is 9.82. The minimum absolute atomic E-state index is 0.289. The Balaban J connectivity index is 1.76. The molecule has 1 aromatic rings. The Hall–Kier alpha value is -0.480. The fourth-order valence-corrected chi connectivity index (χ4v) is 3.20. The average molecular weight is 240 g/mol. The second-order valence-electron chi connectivity index (χ2n) is 4.63. The number of hydrogen-bond donors (Lipinski definition) is 1. The van der Waals surface area contributed by atoms with Crippen molar-refractivity contribution in [3.63, 3.8) is 0 Å². The van der Waals surface area contributed by atoms with E-state index in [1.165, 1.54) is 32.1 Å². The maximum atomic E-state index is 6.21. The number of hydrogen-bond acceptors (Lipinski definition) is 4. The van der Waals surface area contributed by atoms with Gasteiger partial charge < -0.3 is 10.2 Å². The molecule has 0 bridgehead atoms. The van der Waals surface area contributed by atoms with Crippen molar-refractivity contribution in [1.82, 2.24) is 4.98 Å². The van der Waals surface area contributed by atoms with Crippen molar-refractivity contribution in [3.05, 3.63) is 12.0 Å². The van der Waals surface area contributed by atoms with Crippen molar-refractivity contribution in [3.8, 4) is 0 Å². The monoisotopic (exact) mass is 240 g/mol. The van der Waals surface area contributed by atoms with Gasteiger partial charge in [-0.15, -0.1) is 0 Å². The molecule has 1 unspecified atom stereocenters. The molecular weight excluding hydrogens is 220 g/mol. The summed E-state index contributed by atoms with van der Waals surface area (Å²) in [7, 11) is 0. The van der Waals surface area contributed by atoms with Crippen molar-refractivity contribution < 1.29 is 4.42 Å². The van der Waals surface area contributed by atoms with Gasteiger partial charge in [0.2, 0.25) is 0 Å². The van der Waals surface area contributed by atoms with Gasteiger partial charge in [0.25, 0.3) is 5.22 Å². The van der Waals surface area contributed by atoms with Crippen LogP contribution in [0.15, 0.2) is 15.9 Å². The molecule has 2 rings (SSSR count). The van der Waals surface area contributed by atoms with Crippen molar-refractivity contribution in [2.24, 2.45) is 11.7 Å². The minimum atomic E-state index is 0.289. The first-order chi connectivity index (χ1) is 7.75. The van der Waals surface area contributed by atoms with Crippen LogP contribution in [0.2, 0.25) is 0 Å². The molecule has 0 aromatic carbocycles. The van der Waals surface area contributed by atoms with Gasteiger partial charge in [-0.1, -0.05) is 31.0 Å². The van der Waals surface area contributed by atoms with Gasteiger partial charge in [0.05, 0.1) is 5.69 Å². The van der Waals surface area contributed by atoms with Gasteiger partial charge in [-0.05, 0) is 25.7 Å². The molecule has 1 aromatic heterocycles. The van der Waals surface area contributed by atoms with E-state index in [4.69, 9.17) is 10.2 Å². The second kappa shape index (κ2) is 5.73. The quantitative estimate of drug-likeness (QED) is 0.822. The molecule has 0 amide bonds. The highest BCUT2D eigenvalue weighted by Crippen LogP contribution is 2.28. The third-order valence-corrected chi connectivity index (χ3v) is 4.24. The number of nitrogens with two attached hydrogens (primary N) is 1. The van der Waals surface area contributed by atoms with Crippen LogP contribution in [0.1, 0.15) is 37.8 Å². The van der Waals surface area contributed by atoms with E-state index in [9.17, 15) is 0 Å². The summed E-state index contributed by atoms with van der Waals surface area (Å²) >= 11 is 1.64. The molecule has 1 aliphatic carbocycles. The van der Waals surface area contributed by atoms with Crippen LogP contribution in [0.4, 0.5) is 0 Å². The Bertz CT molecular complexity index is 321. The van der Waals surface area contributed by atoms with Crippen LogP contribution in [0.25, 0.3) is 0 Å². The van der Waals surface area contributed by atoms with Crippen LogP contribution in [-0.4, -0.2) is 16.8 Å². The van der Waals surface area contributed by atoms with Crippen molar-refractivity contribution in [2.45, 2.75) is 50.3 Å². The molecule has 1 saturated carbocycles. The Kier molecular flexibility index (Phi) is 4.29. The summed E-state index contributed by atoms with van der Waals surface area (Å²) < 4.78 is 5.30. The lowest BCUT2D eigenvalue weighted by molar-refractivity contribution is 0.319. The Morgan fingerprint density at radius 3 is 2.88 bits per heavy atom. The lowest BCUT2D eigenvalue weighted by Crippen LogP contribution is -2.33. The van der Waals surface area contributed by atoms with Crippen LogP contribution in [0.5, 0.6) is 0 Å². The van der Waals surface area contributed by atoms with Gasteiger partial charge in [-0.3, -0.25) is 0 Å². The standard InChI is InChI=1S/C12H20N2OS/c1-9-7-15-12(14-9)16-8-11(13)10-5-3-2-4-6-10/h7,10-11H,2-6,8,13H2,1H3. The number of oxazole rings is 1. The van der Waals surface area contributed by atoms with Crippen LogP contribution in [0.3, 0.4) is 0 Å². The maximum Gasteiger partial charge on any atom is 0.255 e. The van der Waals surface area contributed by atoms with Crippen LogP contribution >= 0.6 is 11.8 Å². The molecule has 0 radical (unpaired) electrons. The number of rotatable bonds is 4. The summed E-state index contributed by atoms with van der Waals surface area (Å²) in [5.74, 6) is 1.63. The molecule has 0 aliphatic heterocycles. The van der Waals surface area contributed by atoms with Gasteiger partial charge in [0.15, 0.2) is 0 Å². The maximum absolute atomic E-state index is 6.21. The molecular formula is C12H20N2OS. The first kappa shape index (κ1) is 12.0. The fourth-order valence-electron chi connectivity index (χ4n) is 2.26. The number of aromatic nitrogens is 1. The summed E-state index contributed by atoms with van der Waals surface area (Å²) in [6.45, 7) is 1.94. The number of thioether (sulfide) groups is 1. The molecule has 3 nitrogen and oxygen atoms in total. The van der Waals surface area contributed by atoms with E-state index in [2.05, 4.69) is 4.98 Å². The predicted octanol–water partition coefficient (Wildman–Crippen LogP) is 2.98. The summed E-state index contributed by atoms with van der Waals surface area (Å²) in [5, 5.41) is 0.753. The normalized spacial score (nSPS) is 19.9. The summed E-state index contributed by atoms with van der Waals surface area (Å²) in [6.07, 6.45) is 8.37. The third-order valence-electron chi connectivity index (χ3n) is 3.25. The number of aryl methyl sites for hydroxylation is 1. The van der Waals surface area contributed by atoms with E-state index < -0.39 is 0 Å². The molecule has 1 heterocycles. The molecule has 2 N–H and O–H groups in total. The van der Waals surface area contributed by atoms with Crippen LogP contribution in [0, 0.1) is 12.8 Å². The topological polar surface area (TPSA) is 52.0 Å². The summed E-state index contributed by atoms with van der Waals surface area (Å²) in [6, 6.07) is 0.289. The third kappa shape index (κ3) is 3.25. The Morgan fingerprint density at radius 2 is 2.25 bits per heavy atom. The molecule has 0 spiro atoms. The van der Waals surface area contributed by atoms with Gasteiger partial charge in [0.1, 0.15) is 6.26 Å². The highest BCUT2D eigenvalue weighted by atomic mass is 32.2. The van der Waals surface area contributed by atoms with Crippen LogP contribution in [-0.2, 0) is 0 Å².